The molecule has 1 aliphatic carbocycles. The molecule has 0 bridgehead atoms. The van der Waals surface area contributed by atoms with Gasteiger partial charge in [0.25, 0.3) is 5.91 Å². The predicted molar refractivity (Wildman–Crippen MR) is 87.9 cm³/mol. The van der Waals surface area contributed by atoms with Crippen LogP contribution >= 0.6 is 0 Å². The zero-order chi connectivity index (χ0) is 16.7. The van der Waals surface area contributed by atoms with Crippen LogP contribution in [0.25, 0.3) is 5.69 Å². The summed E-state index contributed by atoms with van der Waals surface area (Å²) < 4.78 is 6.86. The van der Waals surface area contributed by atoms with Gasteiger partial charge in [0.1, 0.15) is 5.82 Å². The number of carbonyl (C=O) groups is 2. The van der Waals surface area contributed by atoms with Gasteiger partial charge in [-0.2, -0.15) is 0 Å². The van der Waals surface area contributed by atoms with Crippen LogP contribution in [0.1, 0.15) is 23.2 Å². The highest BCUT2D eigenvalue weighted by atomic mass is 16.5. The standard InChI is InChI=1S/C18H15N3O3/c1-2-24-18(23)13-10-20-14-8-3-4-9-15(14)21(11-16(20)19-13)17(22)12-6-5-7-12/h3-10H,2,11H2,1H3. The van der Waals surface area contributed by atoms with Gasteiger partial charge < -0.3 is 4.74 Å². The van der Waals surface area contributed by atoms with E-state index in [0.29, 0.717) is 24.5 Å². The molecule has 0 saturated heterocycles. The number of imidazole rings is 1. The topological polar surface area (TPSA) is 64.4 Å². The molecule has 24 heavy (non-hydrogen) atoms. The van der Waals surface area contributed by atoms with Crippen LogP contribution in [-0.2, 0) is 16.1 Å². The summed E-state index contributed by atoms with van der Waals surface area (Å²) in [6.07, 6.45) is 7.07. The van der Waals surface area contributed by atoms with Gasteiger partial charge in [0.05, 0.1) is 24.5 Å². The van der Waals surface area contributed by atoms with Crippen molar-refractivity contribution in [1.82, 2.24) is 9.55 Å². The van der Waals surface area contributed by atoms with E-state index in [0.717, 1.165) is 11.4 Å². The van der Waals surface area contributed by atoms with Gasteiger partial charge in [0, 0.05) is 11.8 Å². The number of fused-ring (bicyclic) bond motifs is 3. The minimum atomic E-state index is -0.459. The molecule has 2 aromatic rings. The Labute approximate surface area is 138 Å². The highest BCUT2D eigenvalue weighted by Gasteiger charge is 2.30. The van der Waals surface area contributed by atoms with E-state index in [-0.39, 0.29) is 11.6 Å². The van der Waals surface area contributed by atoms with Crippen molar-refractivity contribution in [2.75, 3.05) is 11.5 Å². The van der Waals surface area contributed by atoms with Gasteiger partial charge in [-0.3, -0.25) is 14.3 Å². The quantitative estimate of drug-likeness (QED) is 0.814. The number of carbonyl (C=O) groups excluding carboxylic acids is 2. The number of esters is 1. The van der Waals surface area contributed by atoms with Gasteiger partial charge in [-0.05, 0) is 31.2 Å². The van der Waals surface area contributed by atoms with E-state index in [1.807, 2.05) is 34.9 Å². The van der Waals surface area contributed by atoms with Crippen LogP contribution in [0.2, 0.25) is 0 Å². The normalized spacial score (nSPS) is 14.4. The predicted octanol–water partition coefficient (Wildman–Crippen LogP) is 2.39. The summed E-state index contributed by atoms with van der Waals surface area (Å²) in [6.45, 7) is 2.35. The number of rotatable bonds is 3. The maximum absolute atomic E-state index is 12.7. The molecule has 2 aliphatic rings. The molecule has 6 heteroatoms. The molecule has 120 valence electrons. The summed E-state index contributed by atoms with van der Waals surface area (Å²) in [4.78, 5) is 30.7. The van der Waals surface area contributed by atoms with Crippen LogP contribution in [0.4, 0.5) is 5.69 Å². The lowest BCUT2D eigenvalue weighted by Gasteiger charge is -2.30. The Hall–Kier alpha value is -3.15. The molecule has 0 N–H and O–H groups in total. The number of amides is 1. The Morgan fingerprint density at radius 3 is 2.67 bits per heavy atom. The van der Waals surface area contributed by atoms with E-state index in [9.17, 15) is 9.59 Å². The third-order valence-corrected chi connectivity index (χ3v) is 4.04. The lowest BCUT2D eigenvalue weighted by atomic mass is 10.1. The van der Waals surface area contributed by atoms with Crippen molar-refractivity contribution in [3.05, 3.63) is 65.8 Å². The van der Waals surface area contributed by atoms with Crippen molar-refractivity contribution in [3.63, 3.8) is 0 Å². The third kappa shape index (κ3) is 2.15. The summed E-state index contributed by atoms with van der Waals surface area (Å²) in [6, 6.07) is 7.57. The van der Waals surface area contributed by atoms with Crippen LogP contribution < -0.4 is 4.90 Å². The van der Waals surface area contributed by atoms with Crippen molar-refractivity contribution in [2.24, 2.45) is 0 Å². The molecule has 0 spiro atoms. The van der Waals surface area contributed by atoms with Crippen LogP contribution in [0, 0.1) is 0 Å². The number of hydrogen-bond acceptors (Lipinski definition) is 4. The average molecular weight is 321 g/mol. The van der Waals surface area contributed by atoms with E-state index in [1.54, 1.807) is 30.2 Å². The SMILES string of the molecule is CCOC(=O)c1cn2c(n1)CN(C(=O)C1=CC=C1)c1ccccc1-2. The molecule has 0 radical (unpaired) electrons. The largest absolute Gasteiger partial charge is 0.461 e. The van der Waals surface area contributed by atoms with Gasteiger partial charge in [-0.15, -0.1) is 0 Å². The van der Waals surface area contributed by atoms with E-state index in [2.05, 4.69) is 4.98 Å². The first-order valence-electron chi connectivity index (χ1n) is 7.74. The summed E-state index contributed by atoms with van der Waals surface area (Å²) in [5, 5.41) is 0. The number of aromatic nitrogens is 2. The number of allylic oxidation sites excluding steroid dienone is 2. The molecule has 1 aromatic carbocycles. The van der Waals surface area contributed by atoms with Crippen molar-refractivity contribution in [1.29, 1.82) is 0 Å². The Kier molecular flexibility index (Phi) is 3.30. The lowest BCUT2D eigenvalue weighted by molar-refractivity contribution is -0.115. The second-order valence-corrected chi connectivity index (χ2v) is 5.49. The molecule has 0 fully saturated rings. The zero-order valence-electron chi connectivity index (χ0n) is 13.1. The molecule has 1 amide bonds. The Morgan fingerprint density at radius 2 is 2.00 bits per heavy atom. The van der Waals surface area contributed by atoms with Gasteiger partial charge in [-0.1, -0.05) is 18.2 Å². The van der Waals surface area contributed by atoms with Crippen molar-refractivity contribution in [2.45, 2.75) is 13.5 Å². The number of para-hydroxylation sites is 2. The molecule has 0 saturated carbocycles. The number of ether oxygens (including phenoxy) is 1. The van der Waals surface area contributed by atoms with Crippen LogP contribution in [-0.4, -0.2) is 28.0 Å². The zero-order valence-corrected chi connectivity index (χ0v) is 13.1. The van der Waals surface area contributed by atoms with Gasteiger partial charge in [0.2, 0.25) is 0 Å². The van der Waals surface area contributed by atoms with Gasteiger partial charge >= 0.3 is 5.97 Å². The summed E-state index contributed by atoms with van der Waals surface area (Å²) in [5.74, 6) is 0.102. The second-order valence-electron chi connectivity index (χ2n) is 5.49. The highest BCUT2D eigenvalue weighted by molar-refractivity contribution is 6.10. The molecular weight excluding hydrogens is 306 g/mol. The minimum Gasteiger partial charge on any atom is -0.461 e. The van der Waals surface area contributed by atoms with Gasteiger partial charge in [-0.25, -0.2) is 9.78 Å². The Bertz CT molecular complexity index is 908. The minimum absolute atomic E-state index is 0.0723. The third-order valence-electron chi connectivity index (χ3n) is 4.04. The molecule has 4 rings (SSSR count). The number of anilines is 1. The monoisotopic (exact) mass is 321 g/mol. The van der Waals surface area contributed by atoms with Crippen LogP contribution in [0.3, 0.4) is 0 Å². The molecule has 6 nitrogen and oxygen atoms in total. The summed E-state index contributed by atoms with van der Waals surface area (Å²) >= 11 is 0. The maximum Gasteiger partial charge on any atom is 0.358 e. The number of nitrogens with zero attached hydrogens (tertiary/aromatic N) is 3. The fraction of sp³-hybridized carbons (Fsp3) is 0.167. The fourth-order valence-corrected chi connectivity index (χ4v) is 2.84. The maximum atomic E-state index is 12.7. The van der Waals surface area contributed by atoms with E-state index < -0.39 is 5.97 Å². The second kappa shape index (κ2) is 5.49. The van der Waals surface area contributed by atoms with E-state index in [4.69, 9.17) is 4.74 Å². The van der Waals surface area contributed by atoms with Gasteiger partial charge in [0.15, 0.2) is 5.69 Å². The molecule has 1 aromatic heterocycles. The summed E-state index contributed by atoms with van der Waals surface area (Å²) in [7, 11) is 0. The van der Waals surface area contributed by atoms with E-state index in [1.165, 1.54) is 0 Å². The van der Waals surface area contributed by atoms with Crippen molar-refractivity contribution >= 4 is 17.6 Å². The highest BCUT2D eigenvalue weighted by Crippen LogP contribution is 2.33. The smallest absolute Gasteiger partial charge is 0.358 e. The lowest BCUT2D eigenvalue weighted by Crippen LogP contribution is -2.36. The van der Waals surface area contributed by atoms with E-state index >= 15 is 0 Å². The van der Waals surface area contributed by atoms with Crippen molar-refractivity contribution in [3.8, 4) is 5.69 Å². The molecule has 0 unspecified atom stereocenters. The first-order chi connectivity index (χ1) is 11.7. The average Bonchev–Trinajstić information content (AvgIpc) is 2.97. The van der Waals surface area contributed by atoms with Crippen LogP contribution in [0.5, 0.6) is 0 Å². The Morgan fingerprint density at radius 1 is 1.25 bits per heavy atom. The number of hydrogen-bond donors (Lipinski definition) is 0. The molecule has 2 heterocycles. The first-order valence-corrected chi connectivity index (χ1v) is 7.74. The van der Waals surface area contributed by atoms with Crippen molar-refractivity contribution < 1.29 is 14.3 Å². The summed E-state index contributed by atoms with van der Waals surface area (Å²) in [5.41, 5.74) is 2.53. The Balaban J connectivity index is 1.77. The number of benzene rings is 1. The first kappa shape index (κ1) is 14.4. The fourth-order valence-electron chi connectivity index (χ4n) is 2.84. The molecule has 1 aliphatic heterocycles. The van der Waals surface area contributed by atoms with Crippen LogP contribution in [0.15, 0.2) is 54.3 Å². The molecular formula is C18H15N3O3. The molecule has 0 atom stereocenters.